The zero-order chi connectivity index (χ0) is 13.0. The number of hydrogen-bond donors (Lipinski definition) is 0. The number of rotatable bonds is 3. The molecule has 92 valence electrons. The fraction of sp³-hybridized carbons (Fsp3) is 0.0769. The summed E-state index contributed by atoms with van der Waals surface area (Å²) < 4.78 is 0. The average Bonchev–Trinajstić information content (AvgIpc) is 2.89. The molecule has 0 aliphatic rings. The van der Waals surface area contributed by atoms with Crippen LogP contribution < -0.4 is 0 Å². The lowest BCUT2D eigenvalue weighted by molar-refractivity contribution is 0.0516. The Balaban J connectivity index is 2.07. The number of benzene rings is 1. The van der Waals surface area contributed by atoms with E-state index >= 15 is 0 Å². The Morgan fingerprint density at radius 2 is 2.17 bits per heavy atom. The molecule has 0 amide bonds. The van der Waals surface area contributed by atoms with Gasteiger partial charge in [-0.1, -0.05) is 28.9 Å². The number of oxime groups is 1. The van der Waals surface area contributed by atoms with Crippen molar-refractivity contribution < 1.29 is 9.63 Å². The topological polar surface area (TPSA) is 38.7 Å². The van der Waals surface area contributed by atoms with E-state index in [2.05, 4.69) is 5.16 Å². The molecule has 0 radical (unpaired) electrons. The van der Waals surface area contributed by atoms with E-state index in [9.17, 15) is 4.79 Å². The number of hydrogen-bond acceptors (Lipinski definition) is 4. The zero-order valence-corrected chi connectivity index (χ0v) is 11.2. The van der Waals surface area contributed by atoms with Crippen molar-refractivity contribution >= 4 is 34.6 Å². The summed E-state index contributed by atoms with van der Waals surface area (Å²) in [5, 5.41) is 6.23. The van der Waals surface area contributed by atoms with E-state index in [1.54, 1.807) is 31.2 Å². The smallest absolute Gasteiger partial charge is 0.313 e. The van der Waals surface area contributed by atoms with Crippen LogP contribution in [0.3, 0.4) is 0 Å². The van der Waals surface area contributed by atoms with Crippen molar-refractivity contribution in [2.45, 2.75) is 6.92 Å². The van der Waals surface area contributed by atoms with Crippen LogP contribution in [-0.4, -0.2) is 11.7 Å². The molecule has 0 atom stereocenters. The van der Waals surface area contributed by atoms with Gasteiger partial charge in [0.25, 0.3) is 0 Å². The van der Waals surface area contributed by atoms with Gasteiger partial charge in [-0.15, -0.1) is 11.3 Å². The maximum Gasteiger partial charge on any atom is 0.365 e. The number of nitrogens with zero attached hydrogens (tertiary/aromatic N) is 1. The summed E-state index contributed by atoms with van der Waals surface area (Å²) in [6.45, 7) is 1.79. The van der Waals surface area contributed by atoms with Crippen molar-refractivity contribution in [2.75, 3.05) is 0 Å². The van der Waals surface area contributed by atoms with Crippen LogP contribution in [0.5, 0.6) is 0 Å². The molecule has 0 fully saturated rings. The molecular weight excluding hydrogens is 270 g/mol. The second-order valence-electron chi connectivity index (χ2n) is 3.54. The van der Waals surface area contributed by atoms with Crippen molar-refractivity contribution in [1.29, 1.82) is 0 Å². The van der Waals surface area contributed by atoms with Crippen molar-refractivity contribution in [1.82, 2.24) is 0 Å². The molecule has 5 heteroatoms. The first-order chi connectivity index (χ1) is 8.66. The molecule has 0 N–H and O–H groups in total. The molecule has 0 spiro atoms. The molecule has 0 saturated heterocycles. The zero-order valence-electron chi connectivity index (χ0n) is 9.59. The highest BCUT2D eigenvalue weighted by atomic mass is 35.5. The maximum absolute atomic E-state index is 11.7. The predicted octanol–water partition coefficient (Wildman–Crippen LogP) is 3.98. The molecule has 2 aromatic rings. The molecule has 0 aliphatic heterocycles. The van der Waals surface area contributed by atoms with Gasteiger partial charge in [0, 0.05) is 5.02 Å². The van der Waals surface area contributed by atoms with Crippen LogP contribution in [0.4, 0.5) is 0 Å². The molecule has 2 rings (SSSR count). The van der Waals surface area contributed by atoms with E-state index in [-0.39, 0.29) is 0 Å². The van der Waals surface area contributed by atoms with Gasteiger partial charge in [0.15, 0.2) is 0 Å². The van der Waals surface area contributed by atoms with Crippen LogP contribution in [0.25, 0.3) is 0 Å². The third-order valence-electron chi connectivity index (χ3n) is 2.20. The molecule has 0 saturated carbocycles. The molecule has 18 heavy (non-hydrogen) atoms. The van der Waals surface area contributed by atoms with Gasteiger partial charge in [0.2, 0.25) is 0 Å². The number of carbonyl (C=O) groups excluding carboxylic acids is 1. The summed E-state index contributed by atoms with van der Waals surface area (Å²) in [4.78, 5) is 17.5. The molecule has 0 aliphatic carbocycles. The van der Waals surface area contributed by atoms with Crippen LogP contribution in [0.1, 0.15) is 22.2 Å². The van der Waals surface area contributed by atoms with Crippen molar-refractivity contribution in [3.63, 3.8) is 0 Å². The van der Waals surface area contributed by atoms with Crippen LogP contribution in [-0.2, 0) is 4.84 Å². The van der Waals surface area contributed by atoms with E-state index < -0.39 is 5.97 Å². The standard InChI is InChI=1S/C13H10ClNO2S/c1-9(12-6-3-7-18-12)15-17-13(16)10-4-2-5-11(14)8-10/h2-8H,1H3. The van der Waals surface area contributed by atoms with Gasteiger partial charge >= 0.3 is 5.97 Å². The highest BCUT2D eigenvalue weighted by molar-refractivity contribution is 7.12. The van der Waals surface area contributed by atoms with E-state index in [0.29, 0.717) is 16.3 Å². The molecule has 0 unspecified atom stereocenters. The first-order valence-corrected chi connectivity index (χ1v) is 6.48. The minimum Gasteiger partial charge on any atom is -0.313 e. The van der Waals surface area contributed by atoms with Crippen LogP contribution >= 0.6 is 22.9 Å². The molecule has 1 aromatic carbocycles. The largest absolute Gasteiger partial charge is 0.365 e. The summed E-state index contributed by atoms with van der Waals surface area (Å²) in [7, 11) is 0. The fourth-order valence-corrected chi connectivity index (χ4v) is 2.17. The highest BCUT2D eigenvalue weighted by Crippen LogP contribution is 2.13. The van der Waals surface area contributed by atoms with Gasteiger partial charge in [0.1, 0.15) is 0 Å². The first kappa shape index (κ1) is 12.8. The van der Waals surface area contributed by atoms with Gasteiger partial charge in [-0.25, -0.2) is 4.79 Å². The van der Waals surface area contributed by atoms with Crippen molar-refractivity contribution in [2.24, 2.45) is 5.16 Å². The molecular formula is C13H10ClNO2S. The molecule has 0 bridgehead atoms. The Morgan fingerprint density at radius 3 is 2.83 bits per heavy atom. The SMILES string of the molecule is CC(=NOC(=O)c1cccc(Cl)c1)c1cccs1. The Hall–Kier alpha value is -1.65. The van der Waals surface area contributed by atoms with Crippen molar-refractivity contribution in [3.8, 4) is 0 Å². The van der Waals surface area contributed by atoms with Crippen molar-refractivity contribution in [3.05, 3.63) is 57.2 Å². The van der Waals surface area contributed by atoms with Crippen LogP contribution in [0.2, 0.25) is 5.02 Å². The first-order valence-electron chi connectivity index (χ1n) is 5.22. The Kier molecular flexibility index (Phi) is 4.12. The normalized spacial score (nSPS) is 11.3. The lowest BCUT2D eigenvalue weighted by Gasteiger charge is -2.00. The van der Waals surface area contributed by atoms with E-state index in [1.807, 2.05) is 17.5 Å². The van der Waals surface area contributed by atoms with Gasteiger partial charge in [-0.2, -0.15) is 0 Å². The summed E-state index contributed by atoms with van der Waals surface area (Å²) >= 11 is 7.33. The minimum atomic E-state index is -0.520. The monoisotopic (exact) mass is 279 g/mol. The van der Waals surface area contributed by atoms with Gasteiger partial charge in [-0.3, -0.25) is 0 Å². The van der Waals surface area contributed by atoms with Gasteiger partial charge in [-0.05, 0) is 36.6 Å². The second-order valence-corrected chi connectivity index (χ2v) is 4.93. The Labute approximate surface area is 114 Å². The summed E-state index contributed by atoms with van der Waals surface area (Å²) in [6.07, 6.45) is 0. The highest BCUT2D eigenvalue weighted by Gasteiger charge is 2.08. The fourth-order valence-electron chi connectivity index (χ4n) is 1.31. The Bertz CT molecular complexity index is 578. The van der Waals surface area contributed by atoms with Gasteiger partial charge < -0.3 is 4.84 Å². The summed E-state index contributed by atoms with van der Waals surface area (Å²) in [6, 6.07) is 10.4. The lowest BCUT2D eigenvalue weighted by Crippen LogP contribution is -2.03. The van der Waals surface area contributed by atoms with E-state index in [0.717, 1.165) is 4.88 Å². The lowest BCUT2D eigenvalue weighted by atomic mass is 10.2. The Morgan fingerprint density at radius 1 is 1.33 bits per heavy atom. The quantitative estimate of drug-likeness (QED) is 0.484. The predicted molar refractivity (Wildman–Crippen MR) is 73.4 cm³/mol. The van der Waals surface area contributed by atoms with E-state index in [4.69, 9.17) is 16.4 Å². The van der Waals surface area contributed by atoms with Crippen LogP contribution in [0, 0.1) is 0 Å². The van der Waals surface area contributed by atoms with Gasteiger partial charge in [0.05, 0.1) is 16.2 Å². The second kappa shape index (κ2) is 5.80. The maximum atomic E-state index is 11.7. The molecule has 1 aromatic heterocycles. The minimum absolute atomic E-state index is 0.380. The van der Waals surface area contributed by atoms with E-state index in [1.165, 1.54) is 11.3 Å². The number of thiophene rings is 1. The van der Waals surface area contributed by atoms with Crippen LogP contribution in [0.15, 0.2) is 46.9 Å². The average molecular weight is 280 g/mol. The number of carbonyl (C=O) groups is 1. The molecule has 3 nitrogen and oxygen atoms in total. The summed E-state index contributed by atoms with van der Waals surface area (Å²) in [5.74, 6) is -0.520. The third-order valence-corrected chi connectivity index (χ3v) is 3.42. The number of halogens is 1. The summed E-state index contributed by atoms with van der Waals surface area (Å²) in [5.41, 5.74) is 1.05. The molecule has 1 heterocycles. The third kappa shape index (κ3) is 3.18.